The van der Waals surface area contributed by atoms with Crippen molar-refractivity contribution in [2.24, 2.45) is 0 Å². The molecule has 170 valence electrons. The predicted octanol–water partition coefficient (Wildman–Crippen LogP) is 4.13. The Morgan fingerprint density at radius 2 is 1.68 bits per heavy atom. The minimum atomic E-state index is -0.543. The van der Waals surface area contributed by atoms with E-state index >= 15 is 0 Å². The molecule has 3 rings (SSSR count). The quantitative estimate of drug-likeness (QED) is 0.594. The summed E-state index contributed by atoms with van der Waals surface area (Å²) in [6, 6.07) is 12.4. The molecule has 6 heteroatoms. The van der Waals surface area contributed by atoms with Crippen molar-refractivity contribution in [3.8, 4) is 11.5 Å². The normalized spacial score (nSPS) is 16.4. The fourth-order valence-electron chi connectivity index (χ4n) is 3.97. The number of aliphatic hydroxyl groups excluding tert-OH is 1. The second-order valence-electron chi connectivity index (χ2n) is 8.25. The Hall–Kier alpha value is -2.15. The number of ether oxygens (including phenoxy) is 2. The Labute approximate surface area is 185 Å². The second kappa shape index (κ2) is 12.6. The van der Waals surface area contributed by atoms with E-state index in [0.29, 0.717) is 31.1 Å². The maximum absolute atomic E-state index is 13.3. The van der Waals surface area contributed by atoms with Gasteiger partial charge < -0.3 is 24.8 Å². The average molecular weight is 431 g/mol. The molecule has 0 aliphatic carbocycles. The highest BCUT2D eigenvalue weighted by Crippen LogP contribution is 2.28. The predicted molar refractivity (Wildman–Crippen MR) is 121 cm³/mol. The molecule has 2 aromatic rings. The van der Waals surface area contributed by atoms with E-state index in [-0.39, 0.29) is 12.4 Å². The molecule has 0 bridgehead atoms. The summed E-state index contributed by atoms with van der Waals surface area (Å²) in [5.41, 5.74) is 1.93. The molecular formula is C25H35FN2O3. The third-order valence-corrected chi connectivity index (χ3v) is 5.62. The van der Waals surface area contributed by atoms with Crippen LogP contribution < -0.4 is 14.8 Å². The second-order valence-corrected chi connectivity index (χ2v) is 8.25. The molecule has 0 spiro atoms. The topological polar surface area (TPSA) is 54.0 Å². The third-order valence-electron chi connectivity index (χ3n) is 5.62. The number of hydrogen-bond acceptors (Lipinski definition) is 5. The summed E-state index contributed by atoms with van der Waals surface area (Å²) < 4.78 is 24.7. The van der Waals surface area contributed by atoms with Crippen molar-refractivity contribution in [2.45, 2.75) is 51.3 Å². The first-order chi connectivity index (χ1) is 15.1. The molecule has 1 heterocycles. The van der Waals surface area contributed by atoms with Crippen LogP contribution in [0.1, 0.15) is 43.2 Å². The molecule has 31 heavy (non-hydrogen) atoms. The van der Waals surface area contributed by atoms with Crippen molar-refractivity contribution in [1.82, 2.24) is 10.2 Å². The van der Waals surface area contributed by atoms with Crippen molar-refractivity contribution < 1.29 is 19.0 Å². The lowest BCUT2D eigenvalue weighted by Crippen LogP contribution is -2.37. The van der Waals surface area contributed by atoms with Crippen LogP contribution in [0.15, 0.2) is 42.5 Å². The van der Waals surface area contributed by atoms with E-state index in [1.807, 2.05) is 24.3 Å². The number of aliphatic hydroxyl groups is 1. The molecule has 0 aromatic heterocycles. The number of halogens is 1. The molecule has 1 fully saturated rings. The van der Waals surface area contributed by atoms with E-state index in [2.05, 4.69) is 10.2 Å². The molecule has 1 aliphatic rings. The van der Waals surface area contributed by atoms with E-state index < -0.39 is 6.10 Å². The van der Waals surface area contributed by atoms with Gasteiger partial charge in [0.15, 0.2) is 11.5 Å². The number of β-amino-alcohol motifs (C(OH)–C–C–N with tert-alkyl or cyclic N) is 1. The molecule has 5 nitrogen and oxygen atoms in total. The van der Waals surface area contributed by atoms with Gasteiger partial charge in [0.2, 0.25) is 0 Å². The van der Waals surface area contributed by atoms with Crippen LogP contribution >= 0.6 is 0 Å². The first-order valence-corrected chi connectivity index (χ1v) is 11.3. The van der Waals surface area contributed by atoms with Crippen LogP contribution in [0.2, 0.25) is 0 Å². The summed E-state index contributed by atoms with van der Waals surface area (Å²) in [5, 5.41) is 13.8. The van der Waals surface area contributed by atoms with Crippen LogP contribution in [-0.4, -0.2) is 49.5 Å². The fraction of sp³-hybridized carbons (Fsp3) is 0.520. The lowest BCUT2D eigenvalue weighted by Gasteiger charge is -2.26. The smallest absolute Gasteiger partial charge is 0.161 e. The van der Waals surface area contributed by atoms with Gasteiger partial charge in [-0.05, 0) is 61.3 Å². The Morgan fingerprint density at radius 3 is 2.39 bits per heavy atom. The van der Waals surface area contributed by atoms with Gasteiger partial charge in [0.05, 0.1) is 7.11 Å². The van der Waals surface area contributed by atoms with Crippen LogP contribution in [-0.2, 0) is 13.1 Å². The Bertz CT molecular complexity index is 794. The van der Waals surface area contributed by atoms with Gasteiger partial charge >= 0.3 is 0 Å². The summed E-state index contributed by atoms with van der Waals surface area (Å²) in [4.78, 5) is 2.34. The summed E-state index contributed by atoms with van der Waals surface area (Å²) in [6.07, 6.45) is 5.74. The number of benzene rings is 2. The summed E-state index contributed by atoms with van der Waals surface area (Å²) in [5.74, 6) is 1.04. The van der Waals surface area contributed by atoms with Crippen molar-refractivity contribution >= 4 is 0 Å². The molecule has 1 saturated heterocycles. The average Bonchev–Trinajstić information content (AvgIpc) is 2.74. The molecule has 0 unspecified atom stereocenters. The summed E-state index contributed by atoms with van der Waals surface area (Å²) in [6.45, 7) is 4.16. The van der Waals surface area contributed by atoms with E-state index in [0.717, 1.165) is 24.2 Å². The highest BCUT2D eigenvalue weighted by molar-refractivity contribution is 5.43. The number of methoxy groups -OCH3 is 1. The van der Waals surface area contributed by atoms with Crippen molar-refractivity contribution in [3.05, 3.63) is 59.4 Å². The van der Waals surface area contributed by atoms with E-state index in [4.69, 9.17) is 9.47 Å². The monoisotopic (exact) mass is 430 g/mol. The van der Waals surface area contributed by atoms with Gasteiger partial charge in [-0.25, -0.2) is 4.39 Å². The van der Waals surface area contributed by atoms with Crippen molar-refractivity contribution in [2.75, 3.05) is 33.4 Å². The van der Waals surface area contributed by atoms with E-state index in [1.54, 1.807) is 13.2 Å². The number of rotatable bonds is 10. The molecule has 0 amide bonds. The molecule has 0 saturated carbocycles. The number of nitrogens with zero attached hydrogens (tertiary/aromatic N) is 1. The maximum Gasteiger partial charge on any atom is 0.161 e. The molecule has 2 N–H and O–H groups in total. The van der Waals surface area contributed by atoms with Crippen LogP contribution in [0.3, 0.4) is 0 Å². The van der Waals surface area contributed by atoms with Gasteiger partial charge in [-0.2, -0.15) is 0 Å². The van der Waals surface area contributed by atoms with Crippen LogP contribution in [0, 0.1) is 5.82 Å². The van der Waals surface area contributed by atoms with Crippen molar-refractivity contribution in [3.63, 3.8) is 0 Å². The number of likely N-dealkylation sites (tertiary alicyclic amines) is 1. The van der Waals surface area contributed by atoms with Crippen LogP contribution in [0.4, 0.5) is 4.39 Å². The molecule has 2 aromatic carbocycles. The zero-order chi connectivity index (χ0) is 21.9. The summed E-state index contributed by atoms with van der Waals surface area (Å²) >= 11 is 0. The first kappa shape index (κ1) is 23.5. The van der Waals surface area contributed by atoms with Gasteiger partial charge in [-0.15, -0.1) is 0 Å². The lowest BCUT2D eigenvalue weighted by molar-refractivity contribution is 0.0644. The maximum atomic E-state index is 13.3. The Balaban J connectivity index is 1.49. The lowest BCUT2D eigenvalue weighted by atomic mass is 10.1. The van der Waals surface area contributed by atoms with Gasteiger partial charge in [0, 0.05) is 19.6 Å². The van der Waals surface area contributed by atoms with Gasteiger partial charge in [-0.3, -0.25) is 0 Å². The van der Waals surface area contributed by atoms with Crippen LogP contribution in [0.5, 0.6) is 11.5 Å². The van der Waals surface area contributed by atoms with Gasteiger partial charge in [0.1, 0.15) is 18.5 Å². The molecule has 1 atom stereocenters. The Morgan fingerprint density at radius 1 is 0.968 bits per heavy atom. The summed E-state index contributed by atoms with van der Waals surface area (Å²) in [7, 11) is 1.61. The Kier molecular flexibility index (Phi) is 9.59. The van der Waals surface area contributed by atoms with Gasteiger partial charge in [0.25, 0.3) is 0 Å². The molecular weight excluding hydrogens is 395 g/mol. The molecule has 0 radical (unpaired) electrons. The first-order valence-electron chi connectivity index (χ1n) is 11.3. The van der Waals surface area contributed by atoms with E-state index in [1.165, 1.54) is 44.2 Å². The SMILES string of the molecule is COc1ccc(CNCc2cccc(F)c2)cc1OC[C@H](O)CN1CCCCCCC1. The number of nitrogens with one attached hydrogen (secondary N) is 1. The largest absolute Gasteiger partial charge is 0.493 e. The fourth-order valence-corrected chi connectivity index (χ4v) is 3.97. The van der Waals surface area contributed by atoms with Crippen molar-refractivity contribution in [1.29, 1.82) is 0 Å². The third kappa shape index (κ3) is 8.13. The minimum absolute atomic E-state index is 0.228. The van der Waals surface area contributed by atoms with Crippen LogP contribution in [0.25, 0.3) is 0 Å². The standard InChI is InChI=1S/C25H35FN2O3/c1-30-24-11-10-21(17-27-16-20-8-7-9-22(26)14-20)15-25(24)31-19-23(29)18-28-12-5-3-2-4-6-13-28/h7-11,14-15,23,27,29H,2-6,12-13,16-19H2,1H3/t23-/m1/s1. The molecule has 1 aliphatic heterocycles. The van der Waals surface area contributed by atoms with E-state index in [9.17, 15) is 9.50 Å². The van der Waals surface area contributed by atoms with Gasteiger partial charge in [-0.1, -0.05) is 37.5 Å². The highest BCUT2D eigenvalue weighted by atomic mass is 19.1. The zero-order valence-corrected chi connectivity index (χ0v) is 18.5. The minimum Gasteiger partial charge on any atom is -0.493 e. The number of hydrogen-bond donors (Lipinski definition) is 2. The zero-order valence-electron chi connectivity index (χ0n) is 18.5. The highest BCUT2D eigenvalue weighted by Gasteiger charge is 2.15.